The molecule has 15 heteroatoms. The van der Waals surface area contributed by atoms with E-state index in [2.05, 4.69) is 33.6 Å². The van der Waals surface area contributed by atoms with Crippen LogP contribution in [0.15, 0.2) is 4.99 Å². The quantitative estimate of drug-likeness (QED) is 0.0431. The summed E-state index contributed by atoms with van der Waals surface area (Å²) in [5.74, 6) is -5.21. The minimum Gasteiger partial charge on any atom is -0.481 e. The lowest BCUT2D eigenvalue weighted by Crippen LogP contribution is -2.58. The highest BCUT2D eigenvalue weighted by Gasteiger charge is 2.31. The summed E-state index contributed by atoms with van der Waals surface area (Å²) < 4.78 is 0. The molecule has 0 bridgehead atoms. The molecule has 0 spiro atoms. The molecule has 11 N–H and O–H groups in total. The highest BCUT2D eigenvalue weighted by atomic mass is 32.1. The van der Waals surface area contributed by atoms with E-state index in [4.69, 9.17) is 22.3 Å². The van der Waals surface area contributed by atoms with E-state index < -0.39 is 53.8 Å². The second kappa shape index (κ2) is 16.5. The molecular weight excluding hydrogens is 482 g/mol. The molecule has 0 saturated heterocycles. The zero-order valence-electron chi connectivity index (χ0n) is 19.9. The van der Waals surface area contributed by atoms with Gasteiger partial charge in [0.15, 0.2) is 5.96 Å². The van der Waals surface area contributed by atoms with Crippen molar-refractivity contribution in [3.8, 4) is 0 Å². The van der Waals surface area contributed by atoms with Crippen LogP contribution in [0.25, 0.3) is 0 Å². The number of aliphatic carboxylic acids is 2. The van der Waals surface area contributed by atoms with Gasteiger partial charge in [0, 0.05) is 18.7 Å². The normalized spacial score (nSPS) is 15.0. The average Bonchev–Trinajstić information content (AvgIpc) is 2.79. The summed E-state index contributed by atoms with van der Waals surface area (Å²) >= 11 is 4.07. The molecule has 5 atom stereocenters. The number of thiol groups is 1. The first-order valence-corrected chi connectivity index (χ1v) is 11.7. The third-order valence-electron chi connectivity index (χ3n) is 5.18. The van der Waals surface area contributed by atoms with Gasteiger partial charge in [0.1, 0.15) is 18.1 Å². The van der Waals surface area contributed by atoms with Gasteiger partial charge in [-0.05, 0) is 25.2 Å². The summed E-state index contributed by atoms with van der Waals surface area (Å²) in [5.41, 5.74) is 16.3. The molecule has 0 aromatic rings. The number of amides is 3. The molecule has 0 aliphatic rings. The van der Waals surface area contributed by atoms with Crippen molar-refractivity contribution in [2.45, 2.75) is 70.1 Å². The maximum absolute atomic E-state index is 12.9. The molecule has 0 fully saturated rings. The van der Waals surface area contributed by atoms with Crippen molar-refractivity contribution in [3.05, 3.63) is 0 Å². The molecule has 3 amide bonds. The van der Waals surface area contributed by atoms with Gasteiger partial charge in [-0.2, -0.15) is 12.6 Å². The van der Waals surface area contributed by atoms with Gasteiger partial charge in [0.25, 0.3) is 0 Å². The van der Waals surface area contributed by atoms with E-state index in [1.165, 1.54) is 0 Å². The van der Waals surface area contributed by atoms with Gasteiger partial charge in [-0.3, -0.25) is 24.2 Å². The van der Waals surface area contributed by atoms with E-state index in [1.54, 1.807) is 13.8 Å². The first kappa shape index (κ1) is 31.9. The van der Waals surface area contributed by atoms with Crippen LogP contribution in [0.4, 0.5) is 0 Å². The summed E-state index contributed by atoms with van der Waals surface area (Å²) in [7, 11) is 0. The molecule has 35 heavy (non-hydrogen) atoms. The first-order chi connectivity index (χ1) is 16.3. The minimum atomic E-state index is -1.21. The van der Waals surface area contributed by atoms with Crippen LogP contribution in [-0.4, -0.2) is 82.3 Å². The zero-order chi connectivity index (χ0) is 27.1. The van der Waals surface area contributed by atoms with E-state index in [0.717, 1.165) is 0 Å². The third-order valence-corrected chi connectivity index (χ3v) is 5.54. The fourth-order valence-corrected chi connectivity index (χ4v) is 3.12. The fraction of sp³-hybridized carbons (Fsp3) is 0.700. The van der Waals surface area contributed by atoms with Crippen LogP contribution < -0.4 is 33.2 Å². The highest BCUT2D eigenvalue weighted by molar-refractivity contribution is 7.80. The first-order valence-electron chi connectivity index (χ1n) is 11.1. The van der Waals surface area contributed by atoms with Crippen LogP contribution >= 0.6 is 12.6 Å². The van der Waals surface area contributed by atoms with Crippen molar-refractivity contribution >= 4 is 48.2 Å². The van der Waals surface area contributed by atoms with Gasteiger partial charge >= 0.3 is 11.9 Å². The maximum atomic E-state index is 12.9. The van der Waals surface area contributed by atoms with Crippen molar-refractivity contribution in [1.29, 1.82) is 0 Å². The summed E-state index contributed by atoms with van der Waals surface area (Å²) in [6.07, 6.45) is 0.385. The molecular formula is C20H37N7O7S. The zero-order valence-corrected chi connectivity index (χ0v) is 20.8. The number of aliphatic imine (C=N–C) groups is 1. The van der Waals surface area contributed by atoms with Gasteiger partial charge in [-0.25, -0.2) is 4.79 Å². The Kier molecular flexibility index (Phi) is 15.1. The van der Waals surface area contributed by atoms with Crippen molar-refractivity contribution in [2.24, 2.45) is 28.1 Å². The van der Waals surface area contributed by atoms with Gasteiger partial charge in [0.05, 0.1) is 6.04 Å². The number of carbonyl (C=O) groups is 5. The molecule has 5 unspecified atom stereocenters. The monoisotopic (exact) mass is 519 g/mol. The number of nitrogens with one attached hydrogen (secondary N) is 3. The summed E-state index contributed by atoms with van der Waals surface area (Å²) in [4.78, 5) is 64.0. The Morgan fingerprint density at radius 1 is 0.943 bits per heavy atom. The largest absolute Gasteiger partial charge is 0.481 e. The van der Waals surface area contributed by atoms with Crippen molar-refractivity contribution in [1.82, 2.24) is 16.0 Å². The van der Waals surface area contributed by atoms with Crippen LogP contribution in [0.2, 0.25) is 0 Å². The topological polar surface area (TPSA) is 252 Å². The lowest BCUT2D eigenvalue weighted by atomic mass is 9.99. The van der Waals surface area contributed by atoms with Gasteiger partial charge < -0.3 is 43.4 Å². The molecule has 0 saturated carbocycles. The Morgan fingerprint density at radius 3 is 2.00 bits per heavy atom. The van der Waals surface area contributed by atoms with E-state index >= 15 is 0 Å². The van der Waals surface area contributed by atoms with Crippen LogP contribution in [-0.2, 0) is 24.0 Å². The predicted octanol–water partition coefficient (Wildman–Crippen LogP) is -2.25. The Labute approximate surface area is 209 Å². The van der Waals surface area contributed by atoms with Crippen molar-refractivity contribution in [2.75, 3.05) is 12.3 Å². The Hall–Kier alpha value is -3.07. The number of hydrogen-bond donors (Lipinski definition) is 9. The molecule has 0 aromatic heterocycles. The molecule has 200 valence electrons. The van der Waals surface area contributed by atoms with Crippen LogP contribution in [0, 0.1) is 5.92 Å². The molecule has 0 heterocycles. The molecule has 0 aliphatic heterocycles. The molecule has 0 radical (unpaired) electrons. The van der Waals surface area contributed by atoms with E-state index in [9.17, 15) is 29.1 Å². The Bertz CT molecular complexity index is 777. The molecule has 0 aromatic carbocycles. The lowest BCUT2D eigenvalue weighted by Gasteiger charge is -2.26. The van der Waals surface area contributed by atoms with Gasteiger partial charge in [-0.15, -0.1) is 0 Å². The van der Waals surface area contributed by atoms with Crippen LogP contribution in [0.3, 0.4) is 0 Å². The lowest BCUT2D eigenvalue weighted by molar-refractivity contribution is -0.143. The number of rotatable bonds is 17. The van der Waals surface area contributed by atoms with Crippen LogP contribution in [0.1, 0.15) is 46.0 Å². The second-order valence-electron chi connectivity index (χ2n) is 8.00. The smallest absolute Gasteiger partial charge is 0.326 e. The van der Waals surface area contributed by atoms with Crippen molar-refractivity contribution in [3.63, 3.8) is 0 Å². The maximum Gasteiger partial charge on any atom is 0.326 e. The Balaban J connectivity index is 5.40. The van der Waals surface area contributed by atoms with E-state index in [0.29, 0.717) is 6.42 Å². The molecule has 0 aliphatic carbocycles. The molecule has 0 rings (SSSR count). The number of hydrogen-bond acceptors (Lipinski definition) is 8. The number of nitrogens with zero attached hydrogens (tertiary/aromatic N) is 1. The number of guanidine groups is 1. The standard InChI is InChI=1S/C20H37N7O7S/c1-3-10(2)15(19(33)34)27-18(32)13(9-35)26-17(31)12(5-4-8-24-20(22)23)25-16(30)11(21)6-7-14(28)29/h10-13,15,35H,3-9,21H2,1-2H3,(H,25,30)(H,26,31)(H,27,32)(H,28,29)(H,33,34)(H4,22,23,24). The second-order valence-corrected chi connectivity index (χ2v) is 8.37. The number of carbonyl (C=O) groups excluding carboxylic acids is 3. The third kappa shape index (κ3) is 12.8. The average molecular weight is 520 g/mol. The van der Waals surface area contributed by atoms with E-state index in [1.807, 2.05) is 0 Å². The highest BCUT2D eigenvalue weighted by Crippen LogP contribution is 2.09. The summed E-state index contributed by atoms with van der Waals surface area (Å²) in [6.45, 7) is 3.61. The Morgan fingerprint density at radius 2 is 1.51 bits per heavy atom. The van der Waals surface area contributed by atoms with Gasteiger partial charge in [-0.1, -0.05) is 20.3 Å². The summed E-state index contributed by atoms with van der Waals surface area (Å²) in [5, 5.41) is 25.5. The minimum absolute atomic E-state index is 0.0749. The SMILES string of the molecule is CCC(C)C(NC(=O)C(CS)NC(=O)C(CCCN=C(N)N)NC(=O)C(N)CCC(=O)O)C(=O)O. The predicted molar refractivity (Wildman–Crippen MR) is 131 cm³/mol. The van der Waals surface area contributed by atoms with E-state index in [-0.39, 0.29) is 49.9 Å². The van der Waals surface area contributed by atoms with Crippen LogP contribution in [0.5, 0.6) is 0 Å². The van der Waals surface area contributed by atoms with Crippen molar-refractivity contribution < 1.29 is 34.2 Å². The fourth-order valence-electron chi connectivity index (χ4n) is 2.86. The molecule has 14 nitrogen and oxygen atoms in total. The number of carboxylic acid groups (broad SMARTS) is 2. The summed E-state index contributed by atoms with van der Waals surface area (Å²) in [6, 6.07) is -4.66. The number of nitrogens with two attached hydrogens (primary N) is 3. The number of carboxylic acids is 2. The van der Waals surface area contributed by atoms with Gasteiger partial charge in [0.2, 0.25) is 17.7 Å².